The van der Waals surface area contributed by atoms with Crippen LogP contribution in [0.3, 0.4) is 0 Å². The Labute approximate surface area is 98.2 Å². The van der Waals surface area contributed by atoms with Gasteiger partial charge in [-0.3, -0.25) is 10.2 Å². The van der Waals surface area contributed by atoms with E-state index >= 15 is 0 Å². The molecule has 0 radical (unpaired) electrons. The number of aromatic carboxylic acids is 1. The highest BCUT2D eigenvalue weighted by atomic mass is 16.4. The third-order valence-electron chi connectivity index (χ3n) is 2.31. The number of aliphatic hydroxyl groups excluding tert-OH is 1. The summed E-state index contributed by atoms with van der Waals surface area (Å²) >= 11 is 0. The number of carboxylic acid groups (broad SMARTS) is 1. The quantitative estimate of drug-likeness (QED) is 0.668. The second kappa shape index (κ2) is 5.36. The van der Waals surface area contributed by atoms with Gasteiger partial charge < -0.3 is 10.2 Å². The first kappa shape index (κ1) is 13.1. The molecule has 0 aliphatic carbocycles. The van der Waals surface area contributed by atoms with Gasteiger partial charge in [-0.15, -0.1) is 0 Å². The lowest BCUT2D eigenvalue weighted by Crippen LogP contribution is -2.14. The average molecular weight is 235 g/mol. The maximum Gasteiger partial charge on any atom is 0.335 e. The van der Waals surface area contributed by atoms with E-state index in [1.165, 1.54) is 18.2 Å². The standard InChI is InChI=1S/C12H13NO4/c1-2-10(15)11(13)8-3-7(6-14)4-9(5-8)12(16)17/h3-5,13-14H,2,6H2,1H3,(H,16,17). The van der Waals surface area contributed by atoms with Crippen LogP contribution in [0, 0.1) is 5.41 Å². The van der Waals surface area contributed by atoms with Crippen molar-refractivity contribution in [3.63, 3.8) is 0 Å². The third kappa shape index (κ3) is 2.98. The van der Waals surface area contributed by atoms with Crippen molar-refractivity contribution in [3.05, 3.63) is 34.9 Å². The largest absolute Gasteiger partial charge is 0.478 e. The average Bonchev–Trinajstić information content (AvgIpc) is 2.36. The number of Topliss-reactive ketones (excluding diaryl/α,β-unsaturated/α-hetero) is 1. The van der Waals surface area contributed by atoms with Crippen molar-refractivity contribution in [1.29, 1.82) is 5.41 Å². The molecule has 0 saturated heterocycles. The molecule has 0 amide bonds. The van der Waals surface area contributed by atoms with E-state index in [4.69, 9.17) is 15.6 Å². The summed E-state index contributed by atoms with van der Waals surface area (Å²) in [6.45, 7) is 1.30. The summed E-state index contributed by atoms with van der Waals surface area (Å²) in [6, 6.07) is 4.02. The monoisotopic (exact) mass is 235 g/mol. The summed E-state index contributed by atoms with van der Waals surface area (Å²) in [4.78, 5) is 22.2. The van der Waals surface area contributed by atoms with Crippen LogP contribution in [0.15, 0.2) is 18.2 Å². The smallest absolute Gasteiger partial charge is 0.335 e. The van der Waals surface area contributed by atoms with Gasteiger partial charge in [-0.1, -0.05) is 6.92 Å². The molecule has 5 heteroatoms. The Morgan fingerprint density at radius 2 is 1.82 bits per heavy atom. The minimum absolute atomic E-state index is 0.0415. The zero-order chi connectivity index (χ0) is 13.0. The van der Waals surface area contributed by atoms with Crippen molar-refractivity contribution in [2.75, 3.05) is 0 Å². The summed E-state index contributed by atoms with van der Waals surface area (Å²) in [7, 11) is 0. The Balaban J connectivity index is 3.24. The normalized spacial score (nSPS) is 10.0. The minimum Gasteiger partial charge on any atom is -0.478 e. The van der Waals surface area contributed by atoms with Crippen molar-refractivity contribution in [2.24, 2.45) is 0 Å². The van der Waals surface area contributed by atoms with E-state index < -0.39 is 5.97 Å². The zero-order valence-electron chi connectivity index (χ0n) is 9.36. The Hall–Kier alpha value is -2.01. The van der Waals surface area contributed by atoms with Gasteiger partial charge in [0.1, 0.15) is 5.71 Å². The number of nitrogens with one attached hydrogen (secondary N) is 1. The Morgan fingerprint density at radius 3 is 2.29 bits per heavy atom. The number of rotatable bonds is 5. The molecule has 3 N–H and O–H groups in total. The van der Waals surface area contributed by atoms with Crippen LogP contribution in [0.2, 0.25) is 0 Å². The number of aliphatic hydroxyl groups is 1. The van der Waals surface area contributed by atoms with Crippen LogP contribution in [0.4, 0.5) is 0 Å². The lowest BCUT2D eigenvalue weighted by atomic mass is 9.99. The summed E-state index contributed by atoms with van der Waals surface area (Å²) in [5.41, 5.74) is 0.319. The summed E-state index contributed by atoms with van der Waals surface area (Å²) in [6.07, 6.45) is 0.185. The second-order valence-corrected chi connectivity index (χ2v) is 3.53. The van der Waals surface area contributed by atoms with E-state index in [-0.39, 0.29) is 35.6 Å². The predicted octanol–water partition coefficient (Wildman–Crippen LogP) is 1.22. The van der Waals surface area contributed by atoms with E-state index in [1.54, 1.807) is 6.92 Å². The lowest BCUT2D eigenvalue weighted by Gasteiger charge is -2.06. The molecular formula is C12H13NO4. The van der Waals surface area contributed by atoms with Gasteiger partial charge in [0.2, 0.25) is 0 Å². The van der Waals surface area contributed by atoms with Crippen molar-refractivity contribution < 1.29 is 19.8 Å². The van der Waals surface area contributed by atoms with Gasteiger partial charge >= 0.3 is 5.97 Å². The summed E-state index contributed by atoms with van der Waals surface area (Å²) in [5, 5.41) is 25.5. The maximum absolute atomic E-state index is 11.4. The molecule has 5 nitrogen and oxygen atoms in total. The molecule has 0 aromatic heterocycles. The summed E-state index contributed by atoms with van der Waals surface area (Å²) < 4.78 is 0. The van der Waals surface area contributed by atoms with Gasteiger partial charge in [-0.25, -0.2) is 4.79 Å². The molecule has 0 fully saturated rings. The molecular weight excluding hydrogens is 222 g/mol. The number of carbonyl (C=O) groups is 2. The fourth-order valence-electron chi connectivity index (χ4n) is 1.39. The van der Waals surface area contributed by atoms with E-state index in [0.717, 1.165) is 0 Å². The van der Waals surface area contributed by atoms with E-state index in [0.29, 0.717) is 5.56 Å². The van der Waals surface area contributed by atoms with Crippen LogP contribution >= 0.6 is 0 Å². The molecule has 0 bridgehead atoms. The fraction of sp³-hybridized carbons (Fsp3) is 0.250. The molecule has 0 aliphatic heterocycles. The summed E-state index contributed by atoms with van der Waals surface area (Å²) in [5.74, 6) is -1.52. The number of benzene rings is 1. The van der Waals surface area contributed by atoms with Gasteiger partial charge in [0.25, 0.3) is 0 Å². The predicted molar refractivity (Wildman–Crippen MR) is 61.5 cm³/mol. The number of ketones is 1. The zero-order valence-corrected chi connectivity index (χ0v) is 9.36. The molecule has 0 heterocycles. The molecule has 0 atom stereocenters. The maximum atomic E-state index is 11.4. The third-order valence-corrected chi connectivity index (χ3v) is 2.31. The molecule has 1 rings (SSSR count). The molecule has 0 spiro atoms. The Kier molecular flexibility index (Phi) is 4.12. The molecule has 1 aromatic carbocycles. The second-order valence-electron chi connectivity index (χ2n) is 3.53. The molecule has 90 valence electrons. The number of carbonyl (C=O) groups excluding carboxylic acids is 1. The number of hydrogen-bond acceptors (Lipinski definition) is 4. The highest BCUT2D eigenvalue weighted by Gasteiger charge is 2.13. The highest BCUT2D eigenvalue weighted by Crippen LogP contribution is 2.12. The van der Waals surface area contributed by atoms with Crippen LogP contribution in [-0.4, -0.2) is 27.7 Å². The number of hydrogen-bond donors (Lipinski definition) is 3. The molecule has 0 unspecified atom stereocenters. The first-order valence-corrected chi connectivity index (χ1v) is 5.09. The van der Waals surface area contributed by atoms with Gasteiger partial charge in [-0.05, 0) is 23.8 Å². The van der Waals surface area contributed by atoms with Crippen LogP contribution in [0.5, 0.6) is 0 Å². The van der Waals surface area contributed by atoms with Crippen molar-refractivity contribution in [3.8, 4) is 0 Å². The highest BCUT2D eigenvalue weighted by molar-refractivity contribution is 6.45. The van der Waals surface area contributed by atoms with E-state index in [2.05, 4.69) is 0 Å². The van der Waals surface area contributed by atoms with Crippen molar-refractivity contribution >= 4 is 17.5 Å². The lowest BCUT2D eigenvalue weighted by molar-refractivity contribution is -0.112. The van der Waals surface area contributed by atoms with Crippen molar-refractivity contribution in [1.82, 2.24) is 0 Å². The molecule has 1 aromatic rings. The Morgan fingerprint density at radius 1 is 1.24 bits per heavy atom. The minimum atomic E-state index is -1.15. The van der Waals surface area contributed by atoms with Crippen LogP contribution in [-0.2, 0) is 11.4 Å². The van der Waals surface area contributed by atoms with Gasteiger partial charge in [0, 0.05) is 12.0 Å². The van der Waals surface area contributed by atoms with Crippen LogP contribution in [0.25, 0.3) is 0 Å². The fourth-order valence-corrected chi connectivity index (χ4v) is 1.39. The van der Waals surface area contributed by atoms with E-state index in [9.17, 15) is 9.59 Å². The SMILES string of the molecule is CCC(=O)C(=N)c1cc(CO)cc(C(=O)O)c1. The topological polar surface area (TPSA) is 98.5 Å². The first-order valence-electron chi connectivity index (χ1n) is 5.09. The number of carboxylic acids is 1. The van der Waals surface area contributed by atoms with E-state index in [1.807, 2.05) is 0 Å². The Bertz CT molecular complexity index is 479. The van der Waals surface area contributed by atoms with Crippen molar-refractivity contribution in [2.45, 2.75) is 20.0 Å². The van der Waals surface area contributed by atoms with Crippen LogP contribution in [0.1, 0.15) is 34.8 Å². The van der Waals surface area contributed by atoms with Gasteiger partial charge in [0.05, 0.1) is 12.2 Å². The first-order chi connectivity index (χ1) is 7.99. The molecule has 0 saturated carbocycles. The van der Waals surface area contributed by atoms with Gasteiger partial charge in [-0.2, -0.15) is 0 Å². The molecule has 0 aliphatic rings. The molecule has 17 heavy (non-hydrogen) atoms. The van der Waals surface area contributed by atoms with Crippen LogP contribution < -0.4 is 0 Å². The van der Waals surface area contributed by atoms with Gasteiger partial charge in [0.15, 0.2) is 5.78 Å².